The Morgan fingerprint density at radius 2 is 1.56 bits per heavy atom. The Hall–Kier alpha value is -2.96. The van der Waals surface area contributed by atoms with E-state index in [9.17, 15) is 9.59 Å². The summed E-state index contributed by atoms with van der Waals surface area (Å²) in [6.45, 7) is 3.21. The van der Waals surface area contributed by atoms with Crippen LogP contribution in [0.15, 0.2) is 18.2 Å². The maximum absolute atomic E-state index is 12.1. The molecule has 0 aliphatic heterocycles. The topological polar surface area (TPSA) is 80.3 Å². The van der Waals surface area contributed by atoms with Crippen LogP contribution in [0, 0.1) is 0 Å². The Balaban J connectivity index is 2.85. The molecule has 0 amide bonds. The summed E-state index contributed by atoms with van der Waals surface area (Å²) in [5.41, 5.74) is 0.233. The van der Waals surface area contributed by atoms with E-state index < -0.39 is 11.9 Å². The number of fused-ring (bicyclic) bond motifs is 1. The number of carbonyl (C=O) groups is 2. The summed E-state index contributed by atoms with van der Waals surface area (Å²) in [6, 6.07) is 4.71. The van der Waals surface area contributed by atoms with Gasteiger partial charge in [0.15, 0.2) is 11.5 Å². The molecule has 0 fully saturated rings. The quantitative estimate of drug-likeness (QED) is 0.586. The Bertz CT molecular complexity index is 811. The van der Waals surface area contributed by atoms with Crippen LogP contribution in [0.3, 0.4) is 0 Å². The van der Waals surface area contributed by atoms with Gasteiger partial charge in [-0.15, -0.1) is 0 Å². The summed E-state index contributed by atoms with van der Waals surface area (Å²) < 4.78 is 26.4. The molecule has 0 aliphatic rings. The number of carbonyl (C=O) groups excluding carboxylic acids is 2. The Kier molecular flexibility index (Phi) is 5.69. The predicted molar refractivity (Wildman–Crippen MR) is 90.9 cm³/mol. The molecule has 25 heavy (non-hydrogen) atoms. The minimum absolute atomic E-state index is 0.201. The molecule has 7 heteroatoms. The highest BCUT2D eigenvalue weighted by Gasteiger charge is 2.21. The van der Waals surface area contributed by atoms with Crippen LogP contribution in [-0.4, -0.2) is 39.9 Å². The van der Waals surface area contributed by atoms with E-state index in [1.54, 1.807) is 19.1 Å². The monoisotopic (exact) mass is 348 g/mol. The van der Waals surface area contributed by atoms with Crippen LogP contribution in [0.1, 0.15) is 24.2 Å². The van der Waals surface area contributed by atoms with E-state index >= 15 is 0 Å². The first-order valence-electron chi connectivity index (χ1n) is 7.59. The standard InChI is InChI=1S/C18H20O7/c1-6-24-18(20)11-7-13-12(14(8-11)25-10(2)19)9-15(21-3)17(23-5)16(13)22-4/h7-9H,6H2,1-5H3. The van der Waals surface area contributed by atoms with Crippen LogP contribution in [0.4, 0.5) is 0 Å². The fourth-order valence-electron chi connectivity index (χ4n) is 2.51. The summed E-state index contributed by atoms with van der Waals surface area (Å²) in [5, 5.41) is 1.07. The Morgan fingerprint density at radius 3 is 2.08 bits per heavy atom. The third kappa shape index (κ3) is 3.60. The van der Waals surface area contributed by atoms with Crippen molar-refractivity contribution >= 4 is 22.7 Å². The Morgan fingerprint density at radius 1 is 0.880 bits per heavy atom. The van der Waals surface area contributed by atoms with E-state index in [4.69, 9.17) is 23.7 Å². The summed E-state index contributed by atoms with van der Waals surface area (Å²) in [6.07, 6.45) is 0. The molecule has 0 atom stereocenters. The second-order valence-corrected chi connectivity index (χ2v) is 5.03. The van der Waals surface area contributed by atoms with Gasteiger partial charge >= 0.3 is 11.9 Å². The maximum Gasteiger partial charge on any atom is 0.338 e. The van der Waals surface area contributed by atoms with Crippen LogP contribution in [0.25, 0.3) is 10.8 Å². The second kappa shape index (κ2) is 7.74. The van der Waals surface area contributed by atoms with E-state index in [0.717, 1.165) is 0 Å². The van der Waals surface area contributed by atoms with Gasteiger partial charge < -0.3 is 23.7 Å². The molecule has 0 aromatic heterocycles. The normalized spacial score (nSPS) is 10.3. The maximum atomic E-state index is 12.1. The first kappa shape index (κ1) is 18.4. The smallest absolute Gasteiger partial charge is 0.338 e. The van der Waals surface area contributed by atoms with E-state index in [2.05, 4.69) is 0 Å². The van der Waals surface area contributed by atoms with Gasteiger partial charge in [0.05, 0.1) is 33.5 Å². The molecule has 0 radical (unpaired) electrons. The Labute approximate surface area is 145 Å². The number of esters is 2. The lowest BCUT2D eigenvalue weighted by atomic mass is 10.0. The summed E-state index contributed by atoms with van der Waals surface area (Å²) in [7, 11) is 4.44. The van der Waals surface area contributed by atoms with E-state index in [-0.39, 0.29) is 17.9 Å². The van der Waals surface area contributed by atoms with Crippen LogP contribution < -0.4 is 18.9 Å². The molecule has 0 bridgehead atoms. The highest BCUT2D eigenvalue weighted by atomic mass is 16.5. The van der Waals surface area contributed by atoms with Crippen molar-refractivity contribution < 1.29 is 33.3 Å². The van der Waals surface area contributed by atoms with E-state index in [1.165, 1.54) is 34.3 Å². The minimum Gasteiger partial charge on any atom is -0.493 e. The van der Waals surface area contributed by atoms with Gasteiger partial charge in [-0.25, -0.2) is 4.79 Å². The summed E-state index contributed by atoms with van der Waals surface area (Å²) in [4.78, 5) is 23.6. The van der Waals surface area contributed by atoms with Gasteiger partial charge in [-0.05, 0) is 25.1 Å². The number of hydrogen-bond acceptors (Lipinski definition) is 7. The van der Waals surface area contributed by atoms with Crippen LogP contribution >= 0.6 is 0 Å². The molecule has 0 unspecified atom stereocenters. The minimum atomic E-state index is -0.533. The molecule has 0 heterocycles. The molecule has 0 spiro atoms. The molecule has 0 saturated carbocycles. The molecular weight excluding hydrogens is 328 g/mol. The highest BCUT2D eigenvalue weighted by Crippen LogP contribution is 2.46. The van der Waals surface area contributed by atoms with Gasteiger partial charge in [0.1, 0.15) is 5.75 Å². The molecule has 134 valence electrons. The first-order valence-corrected chi connectivity index (χ1v) is 7.59. The summed E-state index contributed by atoms with van der Waals surface area (Å²) >= 11 is 0. The third-order valence-corrected chi connectivity index (χ3v) is 3.49. The second-order valence-electron chi connectivity index (χ2n) is 5.03. The van der Waals surface area contributed by atoms with Crippen molar-refractivity contribution in [1.82, 2.24) is 0 Å². The van der Waals surface area contributed by atoms with Crippen molar-refractivity contribution in [2.75, 3.05) is 27.9 Å². The van der Waals surface area contributed by atoms with Crippen LogP contribution in [-0.2, 0) is 9.53 Å². The third-order valence-electron chi connectivity index (χ3n) is 3.49. The zero-order chi connectivity index (χ0) is 18.6. The first-order chi connectivity index (χ1) is 12.0. The molecule has 0 N–H and O–H groups in total. The SMILES string of the molecule is CCOC(=O)c1cc(OC(C)=O)c2cc(OC)c(OC)c(OC)c2c1. The van der Waals surface area contributed by atoms with Crippen molar-refractivity contribution in [2.45, 2.75) is 13.8 Å². The molecule has 2 aromatic carbocycles. The lowest BCUT2D eigenvalue weighted by Gasteiger charge is -2.17. The van der Waals surface area contributed by atoms with Crippen molar-refractivity contribution in [1.29, 1.82) is 0 Å². The summed E-state index contributed by atoms with van der Waals surface area (Å²) in [5.74, 6) is 0.283. The zero-order valence-corrected chi connectivity index (χ0v) is 14.8. The van der Waals surface area contributed by atoms with Crippen molar-refractivity contribution in [3.8, 4) is 23.0 Å². The van der Waals surface area contributed by atoms with Crippen molar-refractivity contribution in [2.24, 2.45) is 0 Å². The molecule has 0 saturated heterocycles. The van der Waals surface area contributed by atoms with Gasteiger partial charge in [0, 0.05) is 17.7 Å². The number of rotatable bonds is 6. The molecule has 2 rings (SSSR count). The number of ether oxygens (including phenoxy) is 5. The number of benzene rings is 2. The van der Waals surface area contributed by atoms with Crippen molar-refractivity contribution in [3.05, 3.63) is 23.8 Å². The van der Waals surface area contributed by atoms with E-state index in [1.807, 2.05) is 0 Å². The lowest BCUT2D eigenvalue weighted by molar-refractivity contribution is -0.131. The molecule has 2 aromatic rings. The molecule has 0 aliphatic carbocycles. The van der Waals surface area contributed by atoms with Crippen LogP contribution in [0.5, 0.6) is 23.0 Å². The number of hydrogen-bond donors (Lipinski definition) is 0. The van der Waals surface area contributed by atoms with E-state index in [0.29, 0.717) is 28.0 Å². The van der Waals surface area contributed by atoms with Crippen LogP contribution in [0.2, 0.25) is 0 Å². The highest BCUT2D eigenvalue weighted by molar-refractivity contribution is 6.03. The van der Waals surface area contributed by atoms with Gasteiger partial charge in [-0.1, -0.05) is 0 Å². The fourth-order valence-corrected chi connectivity index (χ4v) is 2.51. The van der Waals surface area contributed by atoms with Gasteiger partial charge in [0.2, 0.25) is 5.75 Å². The number of methoxy groups -OCH3 is 3. The zero-order valence-electron chi connectivity index (χ0n) is 14.8. The van der Waals surface area contributed by atoms with Crippen molar-refractivity contribution in [3.63, 3.8) is 0 Å². The lowest BCUT2D eigenvalue weighted by Crippen LogP contribution is -2.08. The predicted octanol–water partition coefficient (Wildman–Crippen LogP) is 2.97. The van der Waals surface area contributed by atoms with Gasteiger partial charge in [-0.2, -0.15) is 0 Å². The average molecular weight is 348 g/mol. The fraction of sp³-hybridized carbons (Fsp3) is 0.333. The van der Waals surface area contributed by atoms with Gasteiger partial charge in [0.25, 0.3) is 0 Å². The molecular formula is C18H20O7. The molecule has 7 nitrogen and oxygen atoms in total. The average Bonchev–Trinajstić information content (AvgIpc) is 2.59. The van der Waals surface area contributed by atoms with Gasteiger partial charge in [-0.3, -0.25) is 4.79 Å². The largest absolute Gasteiger partial charge is 0.493 e.